The van der Waals surface area contributed by atoms with Gasteiger partial charge in [-0.25, -0.2) is 4.98 Å². The Labute approximate surface area is 108 Å². The molecule has 1 aromatic rings. The highest BCUT2D eigenvalue weighted by molar-refractivity contribution is 7.14. The molecule has 0 saturated heterocycles. The maximum absolute atomic E-state index is 11.7. The van der Waals surface area contributed by atoms with Gasteiger partial charge < -0.3 is 20.5 Å². The van der Waals surface area contributed by atoms with E-state index in [4.69, 9.17) is 9.84 Å². The van der Waals surface area contributed by atoms with E-state index in [0.29, 0.717) is 5.13 Å². The van der Waals surface area contributed by atoms with Gasteiger partial charge in [-0.15, -0.1) is 11.3 Å². The molecule has 1 rings (SSSR count). The first-order chi connectivity index (χ1) is 8.56. The zero-order valence-corrected chi connectivity index (χ0v) is 10.9. The highest BCUT2D eigenvalue weighted by Crippen LogP contribution is 2.15. The summed E-state index contributed by atoms with van der Waals surface area (Å²) in [6.07, 6.45) is 0. The van der Waals surface area contributed by atoms with E-state index >= 15 is 0 Å². The topological polar surface area (TPSA) is 101 Å². The zero-order chi connectivity index (χ0) is 13.5. The van der Waals surface area contributed by atoms with Crippen molar-refractivity contribution in [1.82, 2.24) is 10.3 Å². The van der Waals surface area contributed by atoms with Gasteiger partial charge in [-0.3, -0.25) is 9.59 Å². The van der Waals surface area contributed by atoms with Crippen LogP contribution in [0.4, 0.5) is 5.13 Å². The van der Waals surface area contributed by atoms with Crippen LogP contribution in [0.25, 0.3) is 0 Å². The zero-order valence-electron chi connectivity index (χ0n) is 10.1. The molecule has 1 heterocycles. The third-order valence-electron chi connectivity index (χ3n) is 1.94. The Kier molecular flexibility index (Phi) is 5.69. The number of nitrogens with zero attached hydrogens (tertiary/aromatic N) is 1. The minimum Gasteiger partial charge on any atom is -0.394 e. The highest BCUT2D eigenvalue weighted by atomic mass is 32.1. The van der Waals surface area contributed by atoms with Gasteiger partial charge in [-0.05, 0) is 0 Å². The summed E-state index contributed by atoms with van der Waals surface area (Å²) in [6, 6.07) is -0.478. The van der Waals surface area contributed by atoms with Crippen LogP contribution in [0.15, 0.2) is 5.38 Å². The van der Waals surface area contributed by atoms with Gasteiger partial charge in [0.05, 0.1) is 19.3 Å². The molecule has 0 radical (unpaired) electrons. The van der Waals surface area contributed by atoms with Crippen LogP contribution < -0.4 is 10.6 Å². The number of carbonyl (C=O) groups excluding carboxylic acids is 2. The molecular formula is C10H15N3O4S. The van der Waals surface area contributed by atoms with Crippen LogP contribution in [-0.4, -0.2) is 48.3 Å². The van der Waals surface area contributed by atoms with Crippen molar-refractivity contribution >= 4 is 28.3 Å². The molecule has 0 aliphatic carbocycles. The molecule has 1 aromatic heterocycles. The van der Waals surface area contributed by atoms with Crippen LogP contribution in [0.3, 0.4) is 0 Å². The van der Waals surface area contributed by atoms with Gasteiger partial charge in [0.25, 0.3) is 5.91 Å². The molecule has 0 spiro atoms. The standard InChI is InChI=1S/C10H15N3O4S/c1-6(15)11-10-13-8(5-18-10)9(16)12-7(3-14)4-17-2/h5,7,14H,3-4H2,1-2H3,(H,12,16)(H,11,13,15). The van der Waals surface area contributed by atoms with Crippen molar-refractivity contribution in [3.8, 4) is 0 Å². The van der Waals surface area contributed by atoms with Crippen LogP contribution in [0.2, 0.25) is 0 Å². The molecule has 0 aromatic carbocycles. The molecule has 100 valence electrons. The van der Waals surface area contributed by atoms with Crippen LogP contribution in [0.5, 0.6) is 0 Å². The molecule has 8 heteroatoms. The quantitative estimate of drug-likeness (QED) is 0.668. The minimum atomic E-state index is -0.478. The number of carbonyl (C=O) groups is 2. The number of aliphatic hydroxyl groups is 1. The second-order valence-electron chi connectivity index (χ2n) is 3.53. The first-order valence-corrected chi connectivity index (χ1v) is 6.08. The molecule has 0 saturated carbocycles. The molecule has 0 fully saturated rings. The molecule has 7 nitrogen and oxygen atoms in total. The lowest BCUT2D eigenvalue weighted by Gasteiger charge is -2.13. The molecule has 18 heavy (non-hydrogen) atoms. The number of anilines is 1. The van der Waals surface area contributed by atoms with E-state index in [2.05, 4.69) is 15.6 Å². The van der Waals surface area contributed by atoms with Crippen molar-refractivity contribution in [1.29, 1.82) is 0 Å². The van der Waals surface area contributed by atoms with Gasteiger partial charge in [-0.1, -0.05) is 0 Å². The fourth-order valence-electron chi connectivity index (χ4n) is 1.19. The fourth-order valence-corrected chi connectivity index (χ4v) is 1.92. The van der Waals surface area contributed by atoms with Gasteiger partial charge in [0.15, 0.2) is 5.13 Å². The molecule has 1 unspecified atom stereocenters. The second kappa shape index (κ2) is 7.04. The molecule has 3 N–H and O–H groups in total. The number of hydrogen-bond acceptors (Lipinski definition) is 6. The molecule has 0 aliphatic rings. The normalized spacial score (nSPS) is 11.9. The summed E-state index contributed by atoms with van der Waals surface area (Å²) in [6.45, 7) is 1.36. The summed E-state index contributed by atoms with van der Waals surface area (Å²) in [5, 5.41) is 16.0. The van der Waals surface area contributed by atoms with Crippen LogP contribution in [0.1, 0.15) is 17.4 Å². The number of ether oxygens (including phenoxy) is 1. The number of thiazole rings is 1. The van der Waals surface area contributed by atoms with Crippen molar-refractivity contribution in [2.75, 3.05) is 25.6 Å². The summed E-state index contributed by atoms with van der Waals surface area (Å²) >= 11 is 1.16. The van der Waals surface area contributed by atoms with E-state index in [1.165, 1.54) is 19.4 Å². The van der Waals surface area contributed by atoms with Crippen molar-refractivity contribution in [3.05, 3.63) is 11.1 Å². The average Bonchev–Trinajstić information content (AvgIpc) is 2.76. The van der Waals surface area contributed by atoms with Crippen molar-refractivity contribution < 1.29 is 19.4 Å². The van der Waals surface area contributed by atoms with Gasteiger partial charge in [0.1, 0.15) is 5.69 Å². The Morgan fingerprint density at radius 1 is 1.61 bits per heavy atom. The number of hydrogen-bond donors (Lipinski definition) is 3. The average molecular weight is 273 g/mol. The summed E-state index contributed by atoms with van der Waals surface area (Å²) in [7, 11) is 1.48. The number of amides is 2. The monoisotopic (exact) mass is 273 g/mol. The summed E-state index contributed by atoms with van der Waals surface area (Å²) in [5.74, 6) is -0.664. The van der Waals surface area contributed by atoms with Crippen LogP contribution in [0, 0.1) is 0 Å². The Hall–Kier alpha value is -1.51. The number of nitrogens with one attached hydrogen (secondary N) is 2. The molecule has 0 bridgehead atoms. The molecule has 2 amide bonds. The molecule has 1 atom stereocenters. The first-order valence-electron chi connectivity index (χ1n) is 5.20. The first kappa shape index (κ1) is 14.6. The fraction of sp³-hybridized carbons (Fsp3) is 0.500. The molecular weight excluding hydrogens is 258 g/mol. The van der Waals surface area contributed by atoms with Gasteiger partial charge in [0, 0.05) is 19.4 Å². The van der Waals surface area contributed by atoms with Gasteiger partial charge >= 0.3 is 0 Å². The Bertz CT molecular complexity index is 421. The SMILES string of the molecule is COCC(CO)NC(=O)c1csc(NC(C)=O)n1. The summed E-state index contributed by atoms with van der Waals surface area (Å²) < 4.78 is 4.84. The minimum absolute atomic E-state index is 0.193. The maximum Gasteiger partial charge on any atom is 0.271 e. The van der Waals surface area contributed by atoms with Gasteiger partial charge in [0.2, 0.25) is 5.91 Å². The van der Waals surface area contributed by atoms with Crippen molar-refractivity contribution in [3.63, 3.8) is 0 Å². The van der Waals surface area contributed by atoms with Crippen molar-refractivity contribution in [2.45, 2.75) is 13.0 Å². The molecule has 0 aliphatic heterocycles. The summed E-state index contributed by atoms with van der Waals surface area (Å²) in [5.41, 5.74) is 0.193. The Morgan fingerprint density at radius 3 is 2.89 bits per heavy atom. The van der Waals surface area contributed by atoms with Crippen LogP contribution >= 0.6 is 11.3 Å². The Balaban J connectivity index is 2.60. The van der Waals surface area contributed by atoms with Crippen molar-refractivity contribution in [2.24, 2.45) is 0 Å². The summed E-state index contributed by atoms with van der Waals surface area (Å²) in [4.78, 5) is 26.5. The predicted octanol–water partition coefficient (Wildman–Crippen LogP) is -0.161. The van der Waals surface area contributed by atoms with E-state index in [1.807, 2.05) is 0 Å². The van der Waals surface area contributed by atoms with Gasteiger partial charge in [-0.2, -0.15) is 0 Å². The third-order valence-corrected chi connectivity index (χ3v) is 2.70. The lowest BCUT2D eigenvalue weighted by Crippen LogP contribution is -2.40. The van der Waals surface area contributed by atoms with E-state index in [9.17, 15) is 9.59 Å². The van der Waals surface area contributed by atoms with E-state index < -0.39 is 11.9 Å². The number of rotatable bonds is 6. The smallest absolute Gasteiger partial charge is 0.271 e. The number of aliphatic hydroxyl groups excluding tert-OH is 1. The lowest BCUT2D eigenvalue weighted by molar-refractivity contribution is -0.114. The van der Waals surface area contributed by atoms with Crippen LogP contribution in [-0.2, 0) is 9.53 Å². The Morgan fingerprint density at radius 2 is 2.33 bits per heavy atom. The third kappa shape index (κ3) is 4.40. The number of methoxy groups -OCH3 is 1. The number of aromatic nitrogens is 1. The van der Waals surface area contributed by atoms with E-state index in [-0.39, 0.29) is 24.8 Å². The lowest BCUT2D eigenvalue weighted by atomic mass is 10.3. The predicted molar refractivity (Wildman–Crippen MR) is 66.6 cm³/mol. The van der Waals surface area contributed by atoms with E-state index in [1.54, 1.807) is 0 Å². The maximum atomic E-state index is 11.7. The highest BCUT2D eigenvalue weighted by Gasteiger charge is 2.15. The van der Waals surface area contributed by atoms with E-state index in [0.717, 1.165) is 11.3 Å². The largest absolute Gasteiger partial charge is 0.394 e. The second-order valence-corrected chi connectivity index (χ2v) is 4.39.